The highest BCUT2D eigenvalue weighted by molar-refractivity contribution is 7.89. The van der Waals surface area contributed by atoms with E-state index in [2.05, 4.69) is 21.8 Å². The average molecular weight is 215 g/mol. The Kier molecular flexibility index (Phi) is 2.32. The fraction of sp³-hybridized carbons (Fsp3) is 0.625. The van der Waals surface area contributed by atoms with Gasteiger partial charge in [0.25, 0.3) is 0 Å². The van der Waals surface area contributed by atoms with E-state index in [1.807, 2.05) is 0 Å². The Bertz CT molecular complexity index is 398. The first-order chi connectivity index (χ1) is 6.59. The first-order valence-corrected chi connectivity index (χ1v) is 6.06. The quantitative estimate of drug-likeness (QED) is 0.760. The Morgan fingerprint density at radius 1 is 1.71 bits per heavy atom. The van der Waals surface area contributed by atoms with Crippen molar-refractivity contribution in [3.8, 4) is 0 Å². The van der Waals surface area contributed by atoms with E-state index in [1.54, 1.807) is 0 Å². The number of sulfonamides is 1. The Morgan fingerprint density at radius 2 is 2.43 bits per heavy atom. The van der Waals surface area contributed by atoms with E-state index in [9.17, 15) is 8.42 Å². The van der Waals surface area contributed by atoms with Crippen LogP contribution in [0.2, 0.25) is 0 Å². The first kappa shape index (κ1) is 9.67. The van der Waals surface area contributed by atoms with Gasteiger partial charge in [0.2, 0.25) is 10.0 Å². The molecule has 2 rings (SSSR count). The molecule has 1 heterocycles. The molecule has 0 radical (unpaired) electrons. The summed E-state index contributed by atoms with van der Waals surface area (Å²) in [5, 5.41) is 6.08. The van der Waals surface area contributed by atoms with Crippen LogP contribution < -0.4 is 4.72 Å². The molecule has 0 spiro atoms. The predicted octanol–water partition coefficient (Wildman–Crippen LogP) is 0.344. The number of aromatic nitrogens is 2. The molecule has 5 nitrogen and oxygen atoms in total. The lowest BCUT2D eigenvalue weighted by Crippen LogP contribution is -2.25. The van der Waals surface area contributed by atoms with Gasteiger partial charge in [-0.25, -0.2) is 13.1 Å². The summed E-state index contributed by atoms with van der Waals surface area (Å²) in [7, 11) is -3.34. The van der Waals surface area contributed by atoms with Crippen LogP contribution in [0.4, 0.5) is 0 Å². The monoisotopic (exact) mass is 215 g/mol. The molecule has 0 aliphatic heterocycles. The lowest BCUT2D eigenvalue weighted by atomic mass is 10.3. The second kappa shape index (κ2) is 3.36. The van der Waals surface area contributed by atoms with Crippen molar-refractivity contribution >= 4 is 10.0 Å². The molecule has 1 aliphatic carbocycles. The molecule has 0 aromatic carbocycles. The van der Waals surface area contributed by atoms with Crippen LogP contribution in [0.15, 0.2) is 17.3 Å². The largest absolute Gasteiger partial charge is 0.284 e. The molecule has 1 fully saturated rings. The number of hydrogen-bond donors (Lipinski definition) is 2. The standard InChI is InChI=1S/C8H13N3O2S/c1-6-2-7(6)3-11-14(12,13)8-4-9-10-5-8/h4-7,11H,2-3H2,1H3,(H,9,10). The Hall–Kier alpha value is -0.880. The zero-order chi connectivity index (χ0) is 10.2. The van der Waals surface area contributed by atoms with Gasteiger partial charge in [-0.05, 0) is 18.3 Å². The van der Waals surface area contributed by atoms with Crippen molar-refractivity contribution in [1.82, 2.24) is 14.9 Å². The van der Waals surface area contributed by atoms with Gasteiger partial charge >= 0.3 is 0 Å². The summed E-state index contributed by atoms with van der Waals surface area (Å²) < 4.78 is 25.7. The first-order valence-electron chi connectivity index (χ1n) is 4.58. The molecule has 1 saturated carbocycles. The van der Waals surface area contributed by atoms with E-state index < -0.39 is 10.0 Å². The van der Waals surface area contributed by atoms with Gasteiger partial charge in [0, 0.05) is 12.7 Å². The van der Waals surface area contributed by atoms with Crippen molar-refractivity contribution in [3.63, 3.8) is 0 Å². The molecule has 2 unspecified atom stereocenters. The molecule has 1 aliphatic rings. The molecule has 1 aromatic rings. The van der Waals surface area contributed by atoms with Crippen molar-refractivity contribution < 1.29 is 8.42 Å². The fourth-order valence-electron chi connectivity index (χ4n) is 1.37. The van der Waals surface area contributed by atoms with Gasteiger partial charge in [-0.3, -0.25) is 5.10 Å². The van der Waals surface area contributed by atoms with Crippen LogP contribution in [0, 0.1) is 11.8 Å². The number of nitrogens with one attached hydrogen (secondary N) is 2. The van der Waals surface area contributed by atoms with E-state index in [1.165, 1.54) is 12.4 Å². The predicted molar refractivity (Wildman–Crippen MR) is 51.0 cm³/mol. The second-order valence-electron chi connectivity index (χ2n) is 3.76. The van der Waals surface area contributed by atoms with Crippen molar-refractivity contribution in [2.75, 3.05) is 6.54 Å². The minimum atomic E-state index is -3.34. The van der Waals surface area contributed by atoms with Crippen LogP contribution in [-0.2, 0) is 10.0 Å². The number of nitrogens with zero attached hydrogens (tertiary/aromatic N) is 1. The Balaban J connectivity index is 1.96. The highest BCUT2D eigenvalue weighted by atomic mass is 32.2. The van der Waals surface area contributed by atoms with Gasteiger partial charge in [0.1, 0.15) is 4.90 Å². The summed E-state index contributed by atoms with van der Waals surface area (Å²) in [6.07, 6.45) is 3.80. The summed E-state index contributed by atoms with van der Waals surface area (Å²) in [6.45, 7) is 2.66. The molecule has 2 atom stereocenters. The van der Waals surface area contributed by atoms with Crippen LogP contribution in [0.25, 0.3) is 0 Å². The molecule has 78 valence electrons. The maximum absolute atomic E-state index is 11.6. The summed E-state index contributed by atoms with van der Waals surface area (Å²) in [4.78, 5) is 0.200. The van der Waals surface area contributed by atoms with Gasteiger partial charge in [-0.15, -0.1) is 0 Å². The third-order valence-corrected chi connectivity index (χ3v) is 3.99. The average Bonchev–Trinajstić information content (AvgIpc) is 2.69. The molecule has 0 amide bonds. The van der Waals surface area contributed by atoms with Crippen molar-refractivity contribution in [3.05, 3.63) is 12.4 Å². The third kappa shape index (κ3) is 1.96. The number of rotatable bonds is 4. The molecule has 0 bridgehead atoms. The molecule has 6 heteroatoms. The lowest BCUT2D eigenvalue weighted by Gasteiger charge is -2.02. The third-order valence-electron chi connectivity index (χ3n) is 2.60. The van der Waals surface area contributed by atoms with E-state index in [0.29, 0.717) is 18.4 Å². The molecule has 2 N–H and O–H groups in total. The molecule has 0 saturated heterocycles. The zero-order valence-electron chi connectivity index (χ0n) is 7.90. The summed E-state index contributed by atoms with van der Waals surface area (Å²) in [5.41, 5.74) is 0. The minimum Gasteiger partial charge on any atom is -0.284 e. The van der Waals surface area contributed by atoms with Gasteiger partial charge in [-0.1, -0.05) is 6.92 Å². The van der Waals surface area contributed by atoms with Crippen LogP contribution in [0.3, 0.4) is 0 Å². The maximum Gasteiger partial charge on any atom is 0.243 e. The van der Waals surface area contributed by atoms with Crippen LogP contribution in [0.5, 0.6) is 0 Å². The van der Waals surface area contributed by atoms with E-state index in [-0.39, 0.29) is 4.90 Å². The van der Waals surface area contributed by atoms with Crippen LogP contribution in [-0.4, -0.2) is 25.2 Å². The van der Waals surface area contributed by atoms with E-state index in [4.69, 9.17) is 0 Å². The Morgan fingerprint density at radius 3 is 2.93 bits per heavy atom. The van der Waals surface area contributed by atoms with Gasteiger partial charge in [0.05, 0.1) is 6.20 Å². The number of aromatic amines is 1. The SMILES string of the molecule is CC1CC1CNS(=O)(=O)c1cn[nH]c1. The molecular weight excluding hydrogens is 202 g/mol. The van der Waals surface area contributed by atoms with E-state index in [0.717, 1.165) is 6.42 Å². The van der Waals surface area contributed by atoms with E-state index >= 15 is 0 Å². The summed E-state index contributed by atoms with van der Waals surface area (Å²) in [6, 6.07) is 0. The molecule has 14 heavy (non-hydrogen) atoms. The highest BCUT2D eigenvalue weighted by Crippen LogP contribution is 2.36. The fourth-order valence-corrected chi connectivity index (χ4v) is 2.37. The topological polar surface area (TPSA) is 74.8 Å². The normalized spacial score (nSPS) is 26.4. The summed E-state index contributed by atoms with van der Waals surface area (Å²) >= 11 is 0. The van der Waals surface area contributed by atoms with Crippen molar-refractivity contribution in [2.24, 2.45) is 11.8 Å². The molecular formula is C8H13N3O2S. The van der Waals surface area contributed by atoms with Crippen molar-refractivity contribution in [1.29, 1.82) is 0 Å². The van der Waals surface area contributed by atoms with Gasteiger partial charge in [0.15, 0.2) is 0 Å². The highest BCUT2D eigenvalue weighted by Gasteiger charge is 2.33. The smallest absolute Gasteiger partial charge is 0.243 e. The Labute approximate surface area is 83.0 Å². The zero-order valence-corrected chi connectivity index (χ0v) is 8.71. The summed E-state index contributed by atoms with van der Waals surface area (Å²) in [5.74, 6) is 1.17. The minimum absolute atomic E-state index is 0.200. The number of H-pyrrole nitrogens is 1. The van der Waals surface area contributed by atoms with Gasteiger partial charge in [-0.2, -0.15) is 5.10 Å². The molecule has 1 aromatic heterocycles. The van der Waals surface area contributed by atoms with Crippen LogP contribution >= 0.6 is 0 Å². The van der Waals surface area contributed by atoms with Gasteiger partial charge < -0.3 is 0 Å². The van der Waals surface area contributed by atoms with Crippen molar-refractivity contribution in [2.45, 2.75) is 18.2 Å². The lowest BCUT2D eigenvalue weighted by molar-refractivity contribution is 0.574. The maximum atomic E-state index is 11.6. The number of hydrogen-bond acceptors (Lipinski definition) is 3. The second-order valence-corrected chi connectivity index (χ2v) is 5.53. The van der Waals surface area contributed by atoms with Crippen LogP contribution in [0.1, 0.15) is 13.3 Å².